The molecule has 1 aliphatic rings. The predicted molar refractivity (Wildman–Crippen MR) is 126 cm³/mol. The SMILES string of the molecule is Cc1cccc(N2CCN(CCCCNC(=O)CCc3nc(-c4ncccn4)no3)CC2)c1. The van der Waals surface area contributed by atoms with Crippen molar-refractivity contribution in [2.24, 2.45) is 0 Å². The Morgan fingerprint density at radius 3 is 2.67 bits per heavy atom. The summed E-state index contributed by atoms with van der Waals surface area (Å²) in [4.78, 5) is 29.5. The van der Waals surface area contributed by atoms with Crippen LogP contribution in [0.3, 0.4) is 0 Å². The number of aryl methyl sites for hydroxylation is 2. The van der Waals surface area contributed by atoms with Gasteiger partial charge in [-0.1, -0.05) is 17.3 Å². The number of aromatic nitrogens is 4. The molecular formula is C24H31N7O2. The molecule has 1 saturated heterocycles. The van der Waals surface area contributed by atoms with Gasteiger partial charge < -0.3 is 14.7 Å². The van der Waals surface area contributed by atoms with Gasteiger partial charge in [0.25, 0.3) is 0 Å². The fraction of sp³-hybridized carbons (Fsp3) is 0.458. The molecule has 4 rings (SSSR count). The molecule has 1 amide bonds. The number of hydrogen-bond donors (Lipinski definition) is 1. The molecule has 1 aliphatic heterocycles. The van der Waals surface area contributed by atoms with E-state index in [0.717, 1.165) is 45.6 Å². The number of anilines is 1. The number of hydrogen-bond acceptors (Lipinski definition) is 8. The number of benzene rings is 1. The Morgan fingerprint density at radius 2 is 1.88 bits per heavy atom. The molecule has 3 heterocycles. The summed E-state index contributed by atoms with van der Waals surface area (Å²) in [5, 5.41) is 6.85. The Kier molecular flexibility index (Phi) is 7.97. The first-order valence-electron chi connectivity index (χ1n) is 11.6. The maximum atomic E-state index is 12.1. The van der Waals surface area contributed by atoms with E-state index in [9.17, 15) is 4.79 Å². The van der Waals surface area contributed by atoms with Crippen LogP contribution in [-0.2, 0) is 11.2 Å². The third-order valence-corrected chi connectivity index (χ3v) is 5.76. The number of amides is 1. The van der Waals surface area contributed by atoms with E-state index in [1.165, 1.54) is 11.3 Å². The van der Waals surface area contributed by atoms with Gasteiger partial charge in [0.1, 0.15) is 0 Å². The van der Waals surface area contributed by atoms with Crippen LogP contribution in [0, 0.1) is 6.92 Å². The lowest BCUT2D eigenvalue weighted by Gasteiger charge is -2.36. The minimum Gasteiger partial charge on any atom is -0.369 e. The zero-order chi connectivity index (χ0) is 22.9. The zero-order valence-corrected chi connectivity index (χ0v) is 19.1. The van der Waals surface area contributed by atoms with Crippen LogP contribution in [-0.4, -0.2) is 70.2 Å². The maximum Gasteiger partial charge on any atom is 0.240 e. The monoisotopic (exact) mass is 449 g/mol. The average Bonchev–Trinajstić information content (AvgIpc) is 3.33. The molecule has 0 unspecified atom stereocenters. The number of nitrogens with zero attached hydrogens (tertiary/aromatic N) is 6. The minimum absolute atomic E-state index is 0.00233. The topological polar surface area (TPSA) is 100 Å². The van der Waals surface area contributed by atoms with Crippen molar-refractivity contribution in [3.05, 3.63) is 54.2 Å². The largest absolute Gasteiger partial charge is 0.369 e. The molecule has 1 N–H and O–H groups in total. The van der Waals surface area contributed by atoms with E-state index in [1.807, 2.05) is 0 Å². The molecule has 3 aromatic rings. The molecule has 33 heavy (non-hydrogen) atoms. The second kappa shape index (κ2) is 11.5. The fourth-order valence-electron chi connectivity index (χ4n) is 3.91. The summed E-state index contributed by atoms with van der Waals surface area (Å²) in [7, 11) is 0. The Hall–Kier alpha value is -3.33. The average molecular weight is 450 g/mol. The number of nitrogens with one attached hydrogen (secondary N) is 1. The third-order valence-electron chi connectivity index (χ3n) is 5.76. The second-order valence-electron chi connectivity index (χ2n) is 8.31. The molecule has 0 bridgehead atoms. The van der Waals surface area contributed by atoms with Crippen LogP contribution in [0.5, 0.6) is 0 Å². The first-order valence-corrected chi connectivity index (χ1v) is 11.6. The molecule has 1 fully saturated rings. The van der Waals surface area contributed by atoms with Crippen molar-refractivity contribution in [1.82, 2.24) is 30.3 Å². The highest BCUT2D eigenvalue weighted by Gasteiger charge is 2.17. The first-order chi connectivity index (χ1) is 16.2. The van der Waals surface area contributed by atoms with E-state index in [-0.39, 0.29) is 5.91 Å². The van der Waals surface area contributed by atoms with Gasteiger partial charge in [-0.15, -0.1) is 0 Å². The van der Waals surface area contributed by atoms with Crippen molar-refractivity contribution in [2.45, 2.75) is 32.6 Å². The molecule has 0 radical (unpaired) electrons. The summed E-state index contributed by atoms with van der Waals surface area (Å²) in [5.41, 5.74) is 2.63. The molecule has 1 aromatic carbocycles. The predicted octanol–water partition coefficient (Wildman–Crippen LogP) is 2.49. The summed E-state index contributed by atoms with van der Waals surface area (Å²) in [5.74, 6) is 1.16. The van der Waals surface area contributed by atoms with Crippen molar-refractivity contribution in [1.29, 1.82) is 0 Å². The van der Waals surface area contributed by atoms with Crippen molar-refractivity contribution in [3.8, 4) is 11.6 Å². The van der Waals surface area contributed by atoms with E-state index in [0.29, 0.717) is 36.9 Å². The summed E-state index contributed by atoms with van der Waals surface area (Å²) in [6, 6.07) is 10.4. The highest BCUT2D eigenvalue weighted by Crippen LogP contribution is 2.18. The van der Waals surface area contributed by atoms with E-state index in [2.05, 4.69) is 66.4 Å². The number of carbonyl (C=O) groups is 1. The lowest BCUT2D eigenvalue weighted by molar-refractivity contribution is -0.121. The van der Waals surface area contributed by atoms with Crippen LogP contribution < -0.4 is 10.2 Å². The van der Waals surface area contributed by atoms with Crippen molar-refractivity contribution in [2.75, 3.05) is 44.2 Å². The lowest BCUT2D eigenvalue weighted by Crippen LogP contribution is -2.46. The molecule has 0 aliphatic carbocycles. The zero-order valence-electron chi connectivity index (χ0n) is 19.1. The number of rotatable bonds is 10. The third kappa shape index (κ3) is 6.82. The summed E-state index contributed by atoms with van der Waals surface area (Å²) in [6.07, 6.45) is 6.01. The lowest BCUT2D eigenvalue weighted by atomic mass is 10.2. The maximum absolute atomic E-state index is 12.1. The van der Waals surface area contributed by atoms with Gasteiger partial charge in [0.2, 0.25) is 23.4 Å². The first kappa shape index (κ1) is 22.8. The Morgan fingerprint density at radius 1 is 1.06 bits per heavy atom. The Labute approximate surface area is 194 Å². The molecule has 9 nitrogen and oxygen atoms in total. The van der Waals surface area contributed by atoms with Crippen LogP contribution in [0.2, 0.25) is 0 Å². The van der Waals surface area contributed by atoms with Gasteiger partial charge in [-0.25, -0.2) is 9.97 Å². The summed E-state index contributed by atoms with van der Waals surface area (Å²) >= 11 is 0. The van der Waals surface area contributed by atoms with Crippen LogP contribution in [0.1, 0.15) is 30.7 Å². The van der Waals surface area contributed by atoms with Crippen LogP contribution in [0.25, 0.3) is 11.6 Å². The van der Waals surface area contributed by atoms with E-state index >= 15 is 0 Å². The van der Waals surface area contributed by atoms with Crippen molar-refractivity contribution >= 4 is 11.6 Å². The van der Waals surface area contributed by atoms with Crippen LogP contribution >= 0.6 is 0 Å². The van der Waals surface area contributed by atoms with E-state index in [4.69, 9.17) is 4.52 Å². The van der Waals surface area contributed by atoms with E-state index < -0.39 is 0 Å². The summed E-state index contributed by atoms with van der Waals surface area (Å²) < 4.78 is 5.19. The Balaban J connectivity index is 1.06. The van der Waals surface area contributed by atoms with Gasteiger partial charge in [0, 0.05) is 63.6 Å². The number of piperazine rings is 1. The van der Waals surface area contributed by atoms with E-state index in [1.54, 1.807) is 18.5 Å². The normalized spacial score (nSPS) is 14.4. The highest BCUT2D eigenvalue weighted by atomic mass is 16.5. The van der Waals surface area contributed by atoms with Gasteiger partial charge >= 0.3 is 0 Å². The molecule has 0 saturated carbocycles. The Bertz CT molecular complexity index is 1020. The van der Waals surface area contributed by atoms with Crippen LogP contribution in [0.15, 0.2) is 47.2 Å². The standard InChI is InChI=1S/C24H31N7O2/c1-19-6-4-7-20(18-19)31-16-14-30(15-17-31)13-3-2-10-25-21(32)8-9-22-28-24(29-33-22)23-26-11-5-12-27-23/h4-7,11-12,18H,2-3,8-10,13-17H2,1H3,(H,25,32). The quantitative estimate of drug-likeness (QED) is 0.471. The number of carbonyl (C=O) groups excluding carboxylic acids is 1. The van der Waals surface area contributed by atoms with Gasteiger partial charge in [0.15, 0.2) is 0 Å². The number of unbranched alkanes of at least 4 members (excludes halogenated alkanes) is 1. The molecule has 2 aromatic heterocycles. The van der Waals surface area contributed by atoms with Gasteiger partial charge in [0.05, 0.1) is 0 Å². The molecule has 0 atom stereocenters. The van der Waals surface area contributed by atoms with Gasteiger partial charge in [-0.2, -0.15) is 4.98 Å². The van der Waals surface area contributed by atoms with Crippen molar-refractivity contribution in [3.63, 3.8) is 0 Å². The molecular weight excluding hydrogens is 418 g/mol. The van der Waals surface area contributed by atoms with Crippen molar-refractivity contribution < 1.29 is 9.32 Å². The second-order valence-corrected chi connectivity index (χ2v) is 8.31. The smallest absolute Gasteiger partial charge is 0.240 e. The van der Waals surface area contributed by atoms with Gasteiger partial charge in [-0.3, -0.25) is 9.69 Å². The molecule has 9 heteroatoms. The summed E-state index contributed by atoms with van der Waals surface area (Å²) in [6.45, 7) is 8.20. The highest BCUT2D eigenvalue weighted by molar-refractivity contribution is 5.75. The minimum atomic E-state index is -0.00233. The fourth-order valence-corrected chi connectivity index (χ4v) is 3.91. The molecule has 174 valence electrons. The van der Waals surface area contributed by atoms with Gasteiger partial charge in [-0.05, 0) is 50.1 Å². The van der Waals surface area contributed by atoms with Crippen LogP contribution in [0.4, 0.5) is 5.69 Å². The molecule has 0 spiro atoms.